The van der Waals surface area contributed by atoms with Crippen LogP contribution in [0.15, 0.2) is 143 Å². The molecule has 5 nitrogen and oxygen atoms in total. The standard InChI is InChI=1S/C26H22N3O2.C5H5.Fe/c1-18-17-27-25(30)28(22-15-7-4-8-16-22)26(31)29(27)24(21-13-9-10-14-21)23(18)19(2)20-11-5-3-6-12-20;1-2-4-5-3-1;/h3-16,24H,2,17H2,1H3;1-5H;/q2*-1;+2. The predicted octanol–water partition coefficient (Wildman–Crippen LogP) is 5.56. The van der Waals surface area contributed by atoms with Crippen LogP contribution in [0.4, 0.5) is 0 Å². The van der Waals surface area contributed by atoms with E-state index in [4.69, 9.17) is 0 Å². The fraction of sp³-hybridized carbons (Fsp3) is 0.0968. The first-order valence-electron chi connectivity index (χ1n) is 11.9. The molecular formula is C31H27FeN3O2. The zero-order chi connectivity index (χ0) is 25.1. The summed E-state index contributed by atoms with van der Waals surface area (Å²) in [6.07, 6.45) is 0. The van der Waals surface area contributed by atoms with Crippen molar-refractivity contribution >= 4 is 5.57 Å². The molecule has 6 heteroatoms. The SMILES string of the molecule is C=C(C1=C(C)Cn2c(=O)n(-c3ccccc3)c(=O)n2C1c1cc[cH-]c1)c1ccccc1.[Fe+2].c1cc[cH-]c1. The van der Waals surface area contributed by atoms with E-state index in [0.29, 0.717) is 12.2 Å². The Kier molecular flexibility index (Phi) is 7.92. The van der Waals surface area contributed by atoms with E-state index in [1.54, 1.807) is 21.5 Å². The molecule has 1 atom stereocenters. The van der Waals surface area contributed by atoms with E-state index >= 15 is 0 Å². The molecule has 37 heavy (non-hydrogen) atoms. The van der Waals surface area contributed by atoms with Gasteiger partial charge in [0.15, 0.2) is 0 Å². The van der Waals surface area contributed by atoms with Gasteiger partial charge in [-0.2, -0.15) is 42.0 Å². The number of nitrogens with zero attached hydrogens (tertiary/aromatic N) is 3. The van der Waals surface area contributed by atoms with Crippen molar-refractivity contribution in [2.45, 2.75) is 19.5 Å². The number of para-hydroxylation sites is 1. The van der Waals surface area contributed by atoms with Crippen LogP contribution in [0.3, 0.4) is 0 Å². The van der Waals surface area contributed by atoms with Crippen LogP contribution in [0.2, 0.25) is 0 Å². The van der Waals surface area contributed by atoms with Crippen molar-refractivity contribution in [3.05, 3.63) is 165 Å². The summed E-state index contributed by atoms with van der Waals surface area (Å²) in [5, 5.41) is 0. The summed E-state index contributed by atoms with van der Waals surface area (Å²) in [5.41, 5.74) is 4.69. The van der Waals surface area contributed by atoms with Crippen LogP contribution in [0.1, 0.15) is 24.1 Å². The normalized spacial score (nSPS) is 14.2. The van der Waals surface area contributed by atoms with Crippen molar-refractivity contribution in [1.82, 2.24) is 13.9 Å². The molecule has 0 aliphatic carbocycles. The zero-order valence-electron chi connectivity index (χ0n) is 20.5. The molecule has 1 aromatic heterocycles. The maximum atomic E-state index is 13.6. The van der Waals surface area contributed by atoms with E-state index in [1.807, 2.05) is 110 Å². The summed E-state index contributed by atoms with van der Waals surface area (Å²) in [7, 11) is 0. The van der Waals surface area contributed by atoms with E-state index in [0.717, 1.165) is 27.8 Å². The Morgan fingerprint density at radius 3 is 2.05 bits per heavy atom. The Morgan fingerprint density at radius 1 is 0.838 bits per heavy atom. The number of allylic oxidation sites excluding steroid dienone is 3. The maximum absolute atomic E-state index is 13.6. The second-order valence-electron chi connectivity index (χ2n) is 8.76. The molecule has 0 N–H and O–H groups in total. The minimum atomic E-state index is -0.429. The monoisotopic (exact) mass is 529 g/mol. The Labute approximate surface area is 226 Å². The van der Waals surface area contributed by atoms with Gasteiger partial charge in [-0.05, 0) is 41.3 Å². The largest absolute Gasteiger partial charge is 2.00 e. The van der Waals surface area contributed by atoms with E-state index in [2.05, 4.69) is 6.58 Å². The number of hydrogen-bond acceptors (Lipinski definition) is 2. The molecule has 0 saturated carbocycles. The van der Waals surface area contributed by atoms with Gasteiger partial charge in [0.25, 0.3) is 0 Å². The van der Waals surface area contributed by atoms with Gasteiger partial charge in [-0.3, -0.25) is 0 Å². The molecule has 4 aromatic carbocycles. The molecule has 0 bridgehead atoms. The average Bonchev–Trinajstić information content (AvgIpc) is 3.69. The minimum absolute atomic E-state index is 0. The molecular weight excluding hydrogens is 502 g/mol. The van der Waals surface area contributed by atoms with Gasteiger partial charge in [-0.25, -0.2) is 41.7 Å². The summed E-state index contributed by atoms with van der Waals surface area (Å²) in [6, 6.07) is 36.5. The summed E-state index contributed by atoms with van der Waals surface area (Å²) >= 11 is 0. The van der Waals surface area contributed by atoms with E-state index < -0.39 is 6.04 Å². The average molecular weight is 529 g/mol. The Balaban J connectivity index is 0.000000479. The van der Waals surface area contributed by atoms with Crippen molar-refractivity contribution in [2.75, 3.05) is 0 Å². The van der Waals surface area contributed by atoms with Crippen LogP contribution in [-0.4, -0.2) is 13.9 Å². The minimum Gasteiger partial charge on any atom is -0.246 e. The third-order valence-corrected chi connectivity index (χ3v) is 6.45. The number of benzene rings is 2. The topological polar surface area (TPSA) is 48.9 Å². The Morgan fingerprint density at radius 2 is 1.49 bits per heavy atom. The van der Waals surface area contributed by atoms with Crippen LogP contribution in [0.25, 0.3) is 11.3 Å². The number of fused-ring (bicyclic) bond motifs is 1. The van der Waals surface area contributed by atoms with E-state index in [9.17, 15) is 9.59 Å². The molecule has 0 fully saturated rings. The van der Waals surface area contributed by atoms with Gasteiger partial charge in [-0.15, -0.1) is 0 Å². The smallest absolute Gasteiger partial charge is 0.246 e. The molecule has 5 aromatic rings. The van der Waals surface area contributed by atoms with Crippen LogP contribution in [0.5, 0.6) is 0 Å². The number of rotatable bonds is 4. The molecule has 0 saturated heterocycles. The number of aromatic nitrogens is 3. The first kappa shape index (κ1) is 26.0. The van der Waals surface area contributed by atoms with Gasteiger partial charge >= 0.3 is 28.4 Å². The van der Waals surface area contributed by atoms with Crippen LogP contribution >= 0.6 is 0 Å². The fourth-order valence-electron chi connectivity index (χ4n) is 4.77. The summed E-state index contributed by atoms with van der Waals surface area (Å²) in [5.74, 6) is 0. The van der Waals surface area contributed by atoms with Crippen molar-refractivity contribution in [1.29, 1.82) is 0 Å². The van der Waals surface area contributed by atoms with Crippen molar-refractivity contribution in [3.63, 3.8) is 0 Å². The molecule has 2 heterocycles. The molecule has 186 valence electrons. The van der Waals surface area contributed by atoms with Crippen LogP contribution < -0.4 is 11.4 Å². The van der Waals surface area contributed by atoms with Gasteiger partial charge < -0.3 is 0 Å². The van der Waals surface area contributed by atoms with Crippen molar-refractivity contribution in [2.24, 2.45) is 0 Å². The quantitative estimate of drug-likeness (QED) is 0.226. The predicted molar refractivity (Wildman–Crippen MR) is 145 cm³/mol. The molecule has 6 rings (SSSR count). The van der Waals surface area contributed by atoms with Crippen molar-refractivity contribution < 1.29 is 17.1 Å². The van der Waals surface area contributed by atoms with Gasteiger partial charge in [0.2, 0.25) is 0 Å². The first-order valence-corrected chi connectivity index (χ1v) is 11.9. The maximum Gasteiger partial charge on any atom is 2.00 e. The van der Waals surface area contributed by atoms with Crippen LogP contribution in [0, 0.1) is 0 Å². The zero-order valence-corrected chi connectivity index (χ0v) is 21.6. The summed E-state index contributed by atoms with van der Waals surface area (Å²) in [4.78, 5) is 26.9. The summed E-state index contributed by atoms with van der Waals surface area (Å²) in [6.45, 7) is 6.73. The van der Waals surface area contributed by atoms with E-state index in [-0.39, 0.29) is 28.4 Å². The first-order chi connectivity index (χ1) is 17.6. The third kappa shape index (κ3) is 4.94. The molecule has 1 unspecified atom stereocenters. The number of hydrogen-bond donors (Lipinski definition) is 0. The Bertz CT molecular complexity index is 1580. The van der Waals surface area contributed by atoms with Gasteiger partial charge in [0, 0.05) is 0 Å². The Hall–Kier alpha value is -4.12. The van der Waals surface area contributed by atoms with Gasteiger partial charge in [0.1, 0.15) is 0 Å². The van der Waals surface area contributed by atoms with Crippen molar-refractivity contribution in [3.8, 4) is 5.69 Å². The molecule has 0 radical (unpaired) electrons. The third-order valence-electron chi connectivity index (χ3n) is 6.45. The molecule has 0 amide bonds. The molecule has 1 aliphatic heterocycles. The fourth-order valence-corrected chi connectivity index (χ4v) is 4.77. The van der Waals surface area contributed by atoms with E-state index in [1.165, 1.54) is 4.57 Å². The van der Waals surface area contributed by atoms with Gasteiger partial charge in [-0.1, -0.05) is 55.1 Å². The van der Waals surface area contributed by atoms with Gasteiger partial charge in [0.05, 0.1) is 18.3 Å². The molecule has 1 aliphatic rings. The molecule has 0 spiro atoms. The summed E-state index contributed by atoms with van der Waals surface area (Å²) < 4.78 is 4.38. The van der Waals surface area contributed by atoms with Crippen LogP contribution in [-0.2, 0) is 23.6 Å². The second kappa shape index (κ2) is 11.3. The second-order valence-corrected chi connectivity index (χ2v) is 8.76.